The standard InChI is InChI=1S/C36H42NO7P/c1-28-34(39-24-29-16-8-4-9-17-29)33(37(2)3)35(40-25-30-18-10-5-11-19-30)36(43-28)44-45(38,41-26-31-20-12-6-13-21-31)42-27-32-22-14-7-15-23-32/h4-23,28,33-36H,24-27H2,1-3H3/t28-,33+,34-,35-,36?/m1/s1. The Kier molecular flexibility index (Phi) is 12.1. The van der Waals surface area contributed by atoms with Gasteiger partial charge in [-0.1, -0.05) is 121 Å². The van der Waals surface area contributed by atoms with Crippen LogP contribution in [0.5, 0.6) is 0 Å². The molecule has 1 aliphatic heterocycles. The minimum atomic E-state index is -4.18. The van der Waals surface area contributed by atoms with Crippen LogP contribution in [-0.2, 0) is 58.8 Å². The molecule has 1 unspecified atom stereocenters. The van der Waals surface area contributed by atoms with Gasteiger partial charge in [0.15, 0.2) is 6.29 Å². The molecule has 1 saturated heterocycles. The number of phosphoric acid groups is 1. The molecule has 0 amide bonds. The average molecular weight is 632 g/mol. The maximum atomic E-state index is 14.4. The quantitative estimate of drug-likeness (QED) is 0.126. The second kappa shape index (κ2) is 16.4. The lowest BCUT2D eigenvalue weighted by molar-refractivity contribution is -0.280. The summed E-state index contributed by atoms with van der Waals surface area (Å²) in [5, 5.41) is 0. The van der Waals surface area contributed by atoms with Gasteiger partial charge >= 0.3 is 7.82 Å². The molecule has 8 nitrogen and oxygen atoms in total. The molecule has 1 fully saturated rings. The number of hydrogen-bond donors (Lipinski definition) is 0. The van der Waals surface area contributed by atoms with E-state index in [0.717, 1.165) is 22.3 Å². The monoisotopic (exact) mass is 631 g/mol. The Morgan fingerprint density at radius 3 is 1.38 bits per heavy atom. The van der Waals surface area contributed by atoms with E-state index < -0.39 is 26.3 Å². The Bertz CT molecular complexity index is 1410. The van der Waals surface area contributed by atoms with E-state index in [0.29, 0.717) is 13.2 Å². The molecule has 0 bridgehead atoms. The van der Waals surface area contributed by atoms with Crippen LogP contribution >= 0.6 is 7.82 Å². The summed E-state index contributed by atoms with van der Waals surface area (Å²) in [6, 6.07) is 38.5. The molecular weight excluding hydrogens is 589 g/mol. The highest BCUT2D eigenvalue weighted by atomic mass is 31.2. The Hall–Kier alpha value is -3.17. The first-order chi connectivity index (χ1) is 21.9. The summed E-state index contributed by atoms with van der Waals surface area (Å²) in [5.74, 6) is 0. The Labute approximate surface area is 266 Å². The first-order valence-electron chi connectivity index (χ1n) is 15.2. The SMILES string of the molecule is C[C@H]1OC(OP(=O)(OCc2ccccc2)OCc2ccccc2)[C@H](OCc2ccccc2)[C@@H](N(C)C)[C@@H]1OCc1ccccc1. The molecule has 0 spiro atoms. The van der Waals surface area contributed by atoms with Crippen LogP contribution in [0, 0.1) is 0 Å². The molecular formula is C36H42NO7P. The van der Waals surface area contributed by atoms with Crippen LogP contribution in [0.1, 0.15) is 29.2 Å². The highest BCUT2D eigenvalue weighted by molar-refractivity contribution is 7.48. The zero-order valence-electron chi connectivity index (χ0n) is 26.0. The smallest absolute Gasteiger partial charge is 0.369 e. The topological polar surface area (TPSA) is 75.7 Å². The number of hydrogen-bond acceptors (Lipinski definition) is 8. The second-order valence-electron chi connectivity index (χ2n) is 11.3. The Morgan fingerprint density at radius 1 is 0.600 bits per heavy atom. The molecule has 0 radical (unpaired) electrons. The normalized spacial score (nSPS) is 22.0. The predicted octanol–water partition coefficient (Wildman–Crippen LogP) is 7.39. The maximum Gasteiger partial charge on any atom is 0.477 e. The van der Waals surface area contributed by atoms with Gasteiger partial charge in [-0.05, 0) is 43.3 Å². The molecule has 0 saturated carbocycles. The lowest BCUT2D eigenvalue weighted by atomic mass is 9.95. The number of nitrogens with zero attached hydrogens (tertiary/aromatic N) is 1. The summed E-state index contributed by atoms with van der Waals surface area (Å²) in [5.41, 5.74) is 3.70. The van der Waals surface area contributed by atoms with Crippen molar-refractivity contribution in [3.05, 3.63) is 144 Å². The minimum Gasteiger partial charge on any atom is -0.369 e. The van der Waals surface area contributed by atoms with Crippen LogP contribution in [0.2, 0.25) is 0 Å². The lowest BCUT2D eigenvalue weighted by Gasteiger charge is -2.47. The first-order valence-corrected chi connectivity index (χ1v) is 16.6. The summed E-state index contributed by atoms with van der Waals surface area (Å²) in [7, 11) is -0.248. The molecule has 9 heteroatoms. The van der Waals surface area contributed by atoms with Gasteiger partial charge in [0.1, 0.15) is 12.2 Å². The molecule has 45 heavy (non-hydrogen) atoms. The van der Waals surface area contributed by atoms with Crippen LogP contribution in [0.4, 0.5) is 0 Å². The van der Waals surface area contributed by atoms with E-state index in [9.17, 15) is 4.57 Å². The predicted molar refractivity (Wildman–Crippen MR) is 173 cm³/mol. The number of phosphoric ester groups is 1. The third-order valence-electron chi connectivity index (χ3n) is 7.62. The highest BCUT2D eigenvalue weighted by Crippen LogP contribution is 2.53. The molecule has 5 atom stereocenters. The van der Waals surface area contributed by atoms with E-state index in [1.54, 1.807) is 0 Å². The van der Waals surface area contributed by atoms with Crippen molar-refractivity contribution in [3.8, 4) is 0 Å². The van der Waals surface area contributed by atoms with Crippen molar-refractivity contribution in [1.29, 1.82) is 0 Å². The van der Waals surface area contributed by atoms with Crippen LogP contribution in [0.15, 0.2) is 121 Å². The van der Waals surface area contributed by atoms with E-state index in [-0.39, 0.29) is 25.4 Å². The van der Waals surface area contributed by atoms with Crippen LogP contribution in [0.25, 0.3) is 0 Å². The van der Waals surface area contributed by atoms with Crippen LogP contribution < -0.4 is 0 Å². The summed E-state index contributed by atoms with van der Waals surface area (Å²) < 4.78 is 52.0. The number of likely N-dealkylation sites (N-methyl/N-ethyl adjacent to an activating group) is 1. The minimum absolute atomic E-state index is 0.0324. The van der Waals surface area contributed by atoms with E-state index in [4.69, 9.17) is 27.8 Å². The van der Waals surface area contributed by atoms with Gasteiger partial charge in [-0.2, -0.15) is 0 Å². The van der Waals surface area contributed by atoms with Gasteiger partial charge in [0, 0.05) is 0 Å². The number of ether oxygens (including phenoxy) is 3. The van der Waals surface area contributed by atoms with Crippen molar-refractivity contribution in [2.75, 3.05) is 14.1 Å². The fourth-order valence-electron chi connectivity index (χ4n) is 5.29. The summed E-state index contributed by atoms with van der Waals surface area (Å²) in [6.45, 7) is 2.68. The van der Waals surface area contributed by atoms with E-state index in [1.807, 2.05) is 147 Å². The summed E-state index contributed by atoms with van der Waals surface area (Å²) in [4.78, 5) is 2.04. The third-order valence-corrected chi connectivity index (χ3v) is 8.97. The van der Waals surface area contributed by atoms with Crippen molar-refractivity contribution in [1.82, 2.24) is 4.90 Å². The fourth-order valence-corrected chi connectivity index (χ4v) is 6.52. The largest absolute Gasteiger partial charge is 0.477 e. The molecule has 0 aromatic heterocycles. The second-order valence-corrected chi connectivity index (χ2v) is 12.9. The van der Waals surface area contributed by atoms with E-state index >= 15 is 0 Å². The highest BCUT2D eigenvalue weighted by Gasteiger charge is 2.50. The van der Waals surface area contributed by atoms with Crippen molar-refractivity contribution in [2.24, 2.45) is 0 Å². The van der Waals surface area contributed by atoms with Crippen molar-refractivity contribution >= 4 is 7.82 Å². The average Bonchev–Trinajstić information content (AvgIpc) is 3.07. The molecule has 238 valence electrons. The van der Waals surface area contributed by atoms with Crippen molar-refractivity contribution in [2.45, 2.75) is 64.0 Å². The number of benzene rings is 4. The van der Waals surface area contributed by atoms with Gasteiger partial charge in [0.05, 0.1) is 38.6 Å². The van der Waals surface area contributed by atoms with E-state index in [2.05, 4.69) is 0 Å². The third kappa shape index (κ3) is 9.66. The zero-order valence-corrected chi connectivity index (χ0v) is 26.9. The molecule has 0 aliphatic carbocycles. The fraction of sp³-hybridized carbons (Fsp3) is 0.333. The first kappa shape index (κ1) is 33.2. The molecule has 4 aromatic rings. The molecule has 1 heterocycles. The Morgan fingerprint density at radius 2 is 0.978 bits per heavy atom. The summed E-state index contributed by atoms with van der Waals surface area (Å²) >= 11 is 0. The summed E-state index contributed by atoms with van der Waals surface area (Å²) in [6.07, 6.45) is -2.59. The van der Waals surface area contributed by atoms with E-state index in [1.165, 1.54) is 0 Å². The van der Waals surface area contributed by atoms with Crippen molar-refractivity contribution < 1.29 is 32.3 Å². The van der Waals surface area contributed by atoms with Gasteiger partial charge in [0.2, 0.25) is 0 Å². The van der Waals surface area contributed by atoms with Gasteiger partial charge in [-0.25, -0.2) is 4.57 Å². The van der Waals surface area contributed by atoms with Crippen LogP contribution in [0.3, 0.4) is 0 Å². The molecule has 0 N–H and O–H groups in total. The van der Waals surface area contributed by atoms with Crippen LogP contribution in [-0.4, -0.2) is 49.6 Å². The van der Waals surface area contributed by atoms with Gasteiger partial charge in [-0.3, -0.25) is 13.6 Å². The van der Waals surface area contributed by atoms with Gasteiger partial charge in [0.25, 0.3) is 0 Å². The zero-order chi connectivity index (χ0) is 31.5. The lowest BCUT2D eigenvalue weighted by Crippen LogP contribution is -2.63. The van der Waals surface area contributed by atoms with Crippen molar-refractivity contribution in [3.63, 3.8) is 0 Å². The number of rotatable bonds is 15. The molecule has 4 aromatic carbocycles. The maximum absolute atomic E-state index is 14.4. The van der Waals surface area contributed by atoms with Gasteiger partial charge < -0.3 is 19.1 Å². The van der Waals surface area contributed by atoms with Gasteiger partial charge in [-0.15, -0.1) is 0 Å². The molecule has 1 aliphatic rings. The molecule has 5 rings (SSSR count). The Balaban J connectivity index is 1.41.